The third-order valence-electron chi connectivity index (χ3n) is 2.62. The maximum absolute atomic E-state index is 13.4. The van der Waals surface area contributed by atoms with E-state index in [9.17, 15) is 51.0 Å². The Labute approximate surface area is 150 Å². The molecule has 0 radical (unpaired) electrons. The average molecular weight is 476 g/mol. The summed E-state index contributed by atoms with van der Waals surface area (Å²) in [6.07, 6.45) is -5.27. The molecule has 7 nitrogen and oxygen atoms in total. The van der Waals surface area contributed by atoms with E-state index < -0.39 is 54.6 Å². The zero-order valence-electron chi connectivity index (χ0n) is 11.5. The Bertz CT molecular complexity index is 759. The van der Waals surface area contributed by atoms with E-state index in [-0.39, 0.29) is 12.1 Å². The summed E-state index contributed by atoms with van der Waals surface area (Å²) < 4.78 is 90.3. The molecule has 0 heterocycles. The predicted octanol–water partition coefficient (Wildman–Crippen LogP) is 5.41. The lowest BCUT2D eigenvalue weighted by Crippen LogP contribution is -2.40. The maximum atomic E-state index is 13.4. The first-order valence-corrected chi connectivity index (χ1v) is 6.90. The van der Waals surface area contributed by atoms with Crippen LogP contribution in [0, 0.1) is 20.2 Å². The first kappa shape index (κ1) is 22.0. The van der Waals surface area contributed by atoms with Crippen molar-refractivity contribution in [2.24, 2.45) is 4.99 Å². The molecular weight excluding hydrogens is 474 g/mol. The second-order valence-corrected chi connectivity index (χ2v) is 5.70. The van der Waals surface area contributed by atoms with Gasteiger partial charge >= 0.3 is 28.3 Å². The van der Waals surface area contributed by atoms with Gasteiger partial charge < -0.3 is 0 Å². The van der Waals surface area contributed by atoms with E-state index in [1.165, 1.54) is 15.9 Å². The normalized spacial score (nSPS) is 13.7. The van der Waals surface area contributed by atoms with Crippen LogP contribution < -0.4 is 0 Å². The van der Waals surface area contributed by atoms with Gasteiger partial charge in [0.05, 0.1) is 15.4 Å². The summed E-state index contributed by atoms with van der Waals surface area (Å²) in [4.78, 5) is 16.1. The van der Waals surface area contributed by atoms with Gasteiger partial charge in [-0.15, -0.1) is 0 Å². The Morgan fingerprint density at radius 2 is 1.38 bits per heavy atom. The van der Waals surface area contributed by atoms with Crippen molar-refractivity contribution in [3.8, 4) is 0 Å². The lowest BCUT2D eigenvalue weighted by Gasteiger charge is -2.19. The number of rotatable bonds is 5. The molecule has 0 N–H and O–H groups in total. The minimum Gasteiger partial charge on any atom is -0.258 e. The third-order valence-corrected chi connectivity index (χ3v) is 3.44. The van der Waals surface area contributed by atoms with Crippen molar-refractivity contribution in [1.82, 2.24) is 0 Å². The van der Waals surface area contributed by atoms with Crippen molar-refractivity contribution in [3.63, 3.8) is 0 Å². The van der Waals surface area contributed by atoms with Gasteiger partial charge in [-0.3, -0.25) is 20.2 Å². The highest BCUT2D eigenvalue weighted by Gasteiger charge is 2.58. The van der Waals surface area contributed by atoms with Crippen LogP contribution in [0.4, 0.5) is 47.8 Å². The highest BCUT2D eigenvalue weighted by molar-refractivity contribution is 9.10. The highest BCUT2D eigenvalue weighted by atomic mass is 79.9. The lowest BCUT2D eigenvalue weighted by atomic mass is 10.1. The molecule has 0 aliphatic rings. The minimum absolute atomic E-state index is 0.236. The molecule has 16 heteroatoms. The predicted molar refractivity (Wildman–Crippen MR) is 76.5 cm³/mol. The Balaban J connectivity index is 3.83. The van der Waals surface area contributed by atoms with E-state index in [2.05, 4.69) is 4.99 Å². The van der Waals surface area contributed by atoms with Crippen LogP contribution in [-0.2, 0) is 6.18 Å². The molecule has 144 valence electrons. The van der Waals surface area contributed by atoms with Crippen molar-refractivity contribution >= 4 is 49.8 Å². The van der Waals surface area contributed by atoms with Gasteiger partial charge in [-0.05, 0) is 15.9 Å². The number of benzene rings is 1. The van der Waals surface area contributed by atoms with Gasteiger partial charge in [-0.25, -0.2) is 4.99 Å². The summed E-state index contributed by atoms with van der Waals surface area (Å²) in [6.45, 7) is 0. The summed E-state index contributed by atoms with van der Waals surface area (Å²) in [5, 5.41) is 19.4. The molecule has 0 bridgehead atoms. The molecule has 0 saturated carbocycles. The number of nitrogens with zero attached hydrogens (tertiary/aromatic N) is 3. The molecule has 1 aromatic rings. The monoisotopic (exact) mass is 475 g/mol. The standard InChI is InChI=1S/C10H2BrClF7N3O4/c11-10(18,19)8(13,14)7(12)20-6-4(21(23)24)1-3(9(15,16)17)2-5(6)22(25)26/h1-2H. The minimum atomic E-state index is -5.28. The van der Waals surface area contributed by atoms with Crippen LogP contribution in [0.5, 0.6) is 0 Å². The van der Waals surface area contributed by atoms with Gasteiger partial charge in [0, 0.05) is 12.1 Å². The van der Waals surface area contributed by atoms with E-state index in [1.807, 2.05) is 0 Å². The average Bonchev–Trinajstić information content (AvgIpc) is 2.44. The topological polar surface area (TPSA) is 98.6 Å². The molecule has 0 spiro atoms. The van der Waals surface area contributed by atoms with Crippen LogP contribution in [-0.4, -0.2) is 25.8 Å². The summed E-state index contributed by atoms with van der Waals surface area (Å²) in [6, 6.07) is -0.471. The maximum Gasteiger partial charge on any atom is 0.416 e. The second kappa shape index (κ2) is 6.94. The number of hydrogen-bond acceptors (Lipinski definition) is 5. The second-order valence-electron chi connectivity index (χ2n) is 4.35. The largest absolute Gasteiger partial charge is 0.416 e. The van der Waals surface area contributed by atoms with Gasteiger partial charge in [0.15, 0.2) is 5.17 Å². The van der Waals surface area contributed by atoms with Crippen LogP contribution in [0.3, 0.4) is 0 Å². The fourth-order valence-electron chi connectivity index (χ4n) is 1.45. The zero-order chi connectivity index (χ0) is 20.7. The first-order chi connectivity index (χ1) is 11.5. The van der Waals surface area contributed by atoms with E-state index in [0.29, 0.717) is 0 Å². The quantitative estimate of drug-likeness (QED) is 0.186. The van der Waals surface area contributed by atoms with Crippen molar-refractivity contribution in [3.05, 3.63) is 37.9 Å². The molecule has 0 fully saturated rings. The van der Waals surface area contributed by atoms with Crippen molar-refractivity contribution in [2.75, 3.05) is 0 Å². The van der Waals surface area contributed by atoms with E-state index in [0.717, 1.165) is 0 Å². The Hall–Kier alpha value is -2.03. The molecular formula is C10H2BrClF7N3O4. The molecule has 0 aliphatic carbocycles. The van der Waals surface area contributed by atoms with Crippen LogP contribution in [0.25, 0.3) is 0 Å². The number of nitro groups is 2. The van der Waals surface area contributed by atoms with Gasteiger partial charge in [0.2, 0.25) is 5.69 Å². The summed E-state index contributed by atoms with van der Waals surface area (Å²) in [5.41, 5.74) is -6.99. The van der Waals surface area contributed by atoms with Gasteiger partial charge in [0.25, 0.3) is 0 Å². The smallest absolute Gasteiger partial charge is 0.258 e. The van der Waals surface area contributed by atoms with E-state index >= 15 is 0 Å². The summed E-state index contributed by atoms with van der Waals surface area (Å²) >= 11 is 6.18. The molecule has 0 aliphatic heterocycles. The number of aliphatic imine (C=N–C) groups is 1. The van der Waals surface area contributed by atoms with Gasteiger partial charge in [0.1, 0.15) is 0 Å². The molecule has 1 rings (SSSR count). The highest BCUT2D eigenvalue weighted by Crippen LogP contribution is 2.46. The van der Waals surface area contributed by atoms with Crippen molar-refractivity contribution < 1.29 is 40.6 Å². The lowest BCUT2D eigenvalue weighted by molar-refractivity contribution is -0.392. The fourth-order valence-corrected chi connectivity index (χ4v) is 1.95. The number of halogens is 9. The molecule has 0 aromatic heterocycles. The number of hydrogen-bond donors (Lipinski definition) is 0. The van der Waals surface area contributed by atoms with E-state index in [1.54, 1.807) is 0 Å². The zero-order valence-corrected chi connectivity index (χ0v) is 13.9. The van der Waals surface area contributed by atoms with E-state index in [4.69, 9.17) is 11.6 Å². The third kappa shape index (κ3) is 4.38. The molecule has 0 saturated heterocycles. The molecule has 0 amide bonds. The summed E-state index contributed by atoms with van der Waals surface area (Å²) in [7, 11) is 0. The van der Waals surface area contributed by atoms with Gasteiger partial charge in [-0.1, -0.05) is 11.6 Å². The SMILES string of the molecule is O=[N+]([O-])c1cc(C(F)(F)F)cc([N+](=O)[O-])c1N=C(Cl)C(F)(F)C(F)(F)Br. The van der Waals surface area contributed by atoms with Gasteiger partial charge in [-0.2, -0.15) is 30.7 Å². The van der Waals surface area contributed by atoms with Crippen LogP contribution in [0.2, 0.25) is 0 Å². The van der Waals surface area contributed by atoms with Crippen LogP contribution in [0.1, 0.15) is 5.56 Å². The first-order valence-electron chi connectivity index (χ1n) is 5.73. The number of nitro benzene ring substituents is 2. The molecule has 0 atom stereocenters. The fraction of sp³-hybridized carbons (Fsp3) is 0.300. The van der Waals surface area contributed by atoms with Crippen LogP contribution in [0.15, 0.2) is 17.1 Å². The van der Waals surface area contributed by atoms with Crippen molar-refractivity contribution in [1.29, 1.82) is 0 Å². The molecule has 26 heavy (non-hydrogen) atoms. The molecule has 1 aromatic carbocycles. The molecule has 0 unspecified atom stereocenters. The summed E-state index contributed by atoms with van der Waals surface area (Å²) in [5.74, 6) is -5.28. The number of alkyl halides is 8. The Morgan fingerprint density at radius 3 is 1.65 bits per heavy atom. The van der Waals surface area contributed by atoms with Crippen LogP contribution >= 0.6 is 27.5 Å². The van der Waals surface area contributed by atoms with Crippen molar-refractivity contribution in [2.45, 2.75) is 16.9 Å². The Morgan fingerprint density at radius 1 is 1.00 bits per heavy atom. The Kier molecular flexibility index (Phi) is 5.88.